The summed E-state index contributed by atoms with van der Waals surface area (Å²) in [5.41, 5.74) is 4.44. The number of amides is 1. The van der Waals surface area contributed by atoms with Crippen LogP contribution in [0.3, 0.4) is 0 Å². The van der Waals surface area contributed by atoms with Crippen molar-refractivity contribution in [2.24, 2.45) is 0 Å². The minimum absolute atomic E-state index is 0.0100. The number of anilines is 1. The second kappa shape index (κ2) is 8.91. The lowest BCUT2D eigenvalue weighted by Gasteiger charge is -2.40. The van der Waals surface area contributed by atoms with Crippen LogP contribution in [0.1, 0.15) is 22.8 Å². The van der Waals surface area contributed by atoms with Crippen LogP contribution in [0, 0.1) is 6.92 Å². The first-order valence-corrected chi connectivity index (χ1v) is 12.4. The van der Waals surface area contributed by atoms with E-state index in [4.69, 9.17) is 16.6 Å². The lowest BCUT2D eigenvalue weighted by molar-refractivity contribution is 0.0673. The van der Waals surface area contributed by atoms with Crippen molar-refractivity contribution in [2.75, 3.05) is 24.5 Å². The number of benzene rings is 3. The maximum Gasteiger partial charge on any atom is 0.254 e. The number of rotatable bonds is 3. The molecule has 1 amide bonds. The van der Waals surface area contributed by atoms with E-state index in [2.05, 4.69) is 45.5 Å². The van der Waals surface area contributed by atoms with Crippen LogP contribution in [0.4, 0.5) is 5.95 Å². The molecule has 6 rings (SSSR count). The van der Waals surface area contributed by atoms with Gasteiger partial charge in [-0.1, -0.05) is 47.5 Å². The van der Waals surface area contributed by atoms with Gasteiger partial charge in [-0.05, 0) is 56.3 Å². The van der Waals surface area contributed by atoms with Gasteiger partial charge in [0.2, 0.25) is 5.95 Å². The molecule has 3 aromatic carbocycles. The molecule has 1 fully saturated rings. The zero-order valence-corrected chi connectivity index (χ0v) is 20.9. The number of halogens is 1. The first-order valence-electron chi connectivity index (χ1n) is 12.0. The fourth-order valence-corrected chi connectivity index (χ4v) is 5.07. The van der Waals surface area contributed by atoms with Crippen molar-refractivity contribution in [3.05, 3.63) is 88.9 Å². The van der Waals surface area contributed by atoms with Gasteiger partial charge in [0.15, 0.2) is 11.5 Å². The molecule has 36 heavy (non-hydrogen) atoms. The van der Waals surface area contributed by atoms with E-state index >= 15 is 0 Å². The van der Waals surface area contributed by atoms with Crippen molar-refractivity contribution < 1.29 is 4.79 Å². The van der Waals surface area contributed by atoms with Crippen LogP contribution in [0.15, 0.2) is 72.8 Å². The molecule has 180 valence electrons. The molecule has 5 aromatic rings. The Balaban J connectivity index is 1.41. The summed E-state index contributed by atoms with van der Waals surface area (Å²) in [6, 6.07) is 23.3. The highest BCUT2D eigenvalue weighted by Gasteiger charge is 2.31. The fourth-order valence-electron chi connectivity index (χ4n) is 4.95. The van der Waals surface area contributed by atoms with Crippen LogP contribution in [-0.4, -0.2) is 56.1 Å². The molecular formula is C28H25ClN6O. The van der Waals surface area contributed by atoms with Gasteiger partial charge in [-0.3, -0.25) is 4.79 Å². The molecule has 0 spiro atoms. The third-order valence-electron chi connectivity index (χ3n) is 6.77. The molecule has 0 bridgehead atoms. The average molecular weight is 497 g/mol. The molecule has 0 aliphatic carbocycles. The predicted molar refractivity (Wildman–Crippen MR) is 143 cm³/mol. The molecule has 1 aliphatic rings. The molecule has 1 saturated heterocycles. The number of aromatic nitrogens is 4. The Kier molecular flexibility index (Phi) is 5.57. The van der Waals surface area contributed by atoms with Gasteiger partial charge in [0.05, 0.1) is 5.52 Å². The molecule has 0 saturated carbocycles. The Morgan fingerprint density at radius 1 is 0.972 bits per heavy atom. The summed E-state index contributed by atoms with van der Waals surface area (Å²) in [5.74, 6) is 1.56. The van der Waals surface area contributed by atoms with Gasteiger partial charge < -0.3 is 9.80 Å². The summed E-state index contributed by atoms with van der Waals surface area (Å²) in [7, 11) is 0. The number of carbonyl (C=O) groups excluding carboxylic acids is 1. The van der Waals surface area contributed by atoms with Gasteiger partial charge in [-0.2, -0.15) is 0 Å². The van der Waals surface area contributed by atoms with E-state index in [1.54, 1.807) is 24.3 Å². The van der Waals surface area contributed by atoms with Crippen molar-refractivity contribution in [3.8, 4) is 11.4 Å². The molecule has 7 nitrogen and oxygen atoms in total. The topological polar surface area (TPSA) is 66.6 Å². The maximum atomic E-state index is 13.2. The first kappa shape index (κ1) is 22.5. The highest BCUT2D eigenvalue weighted by Crippen LogP contribution is 2.30. The predicted octanol–water partition coefficient (Wildman–Crippen LogP) is 5.26. The number of nitrogens with zero attached hydrogens (tertiary/aromatic N) is 6. The second-order valence-electron chi connectivity index (χ2n) is 9.28. The fraction of sp³-hybridized carbons (Fsp3) is 0.214. The van der Waals surface area contributed by atoms with E-state index in [0.29, 0.717) is 30.2 Å². The standard InChI is InChI=1S/C28H25ClN6O/c1-18-6-5-7-21(16-18)25-31-32-26-23-8-3-4-9-24(23)30-28(35(25)26)33-14-15-34(19(2)17-33)27(36)20-10-12-22(29)13-11-20/h3-13,16,19H,14-15,17H2,1-2H3. The van der Waals surface area contributed by atoms with E-state index in [0.717, 1.165) is 39.4 Å². The van der Waals surface area contributed by atoms with Crippen LogP contribution in [-0.2, 0) is 0 Å². The first-order chi connectivity index (χ1) is 17.5. The van der Waals surface area contributed by atoms with Crippen molar-refractivity contribution in [1.82, 2.24) is 24.5 Å². The van der Waals surface area contributed by atoms with Gasteiger partial charge in [-0.15, -0.1) is 10.2 Å². The van der Waals surface area contributed by atoms with Crippen molar-refractivity contribution in [2.45, 2.75) is 19.9 Å². The summed E-state index contributed by atoms with van der Waals surface area (Å²) in [6.07, 6.45) is 0. The Morgan fingerprint density at radius 2 is 1.78 bits per heavy atom. The molecule has 1 unspecified atom stereocenters. The van der Waals surface area contributed by atoms with Crippen LogP contribution in [0.2, 0.25) is 5.02 Å². The second-order valence-corrected chi connectivity index (χ2v) is 9.72. The summed E-state index contributed by atoms with van der Waals surface area (Å²) in [6.45, 7) is 6.02. The Morgan fingerprint density at radius 3 is 2.56 bits per heavy atom. The number of carbonyl (C=O) groups is 1. The Bertz CT molecular complexity index is 1600. The average Bonchev–Trinajstić information content (AvgIpc) is 3.34. The van der Waals surface area contributed by atoms with Crippen LogP contribution < -0.4 is 4.90 Å². The van der Waals surface area contributed by atoms with Crippen LogP contribution >= 0.6 is 11.6 Å². The zero-order valence-electron chi connectivity index (χ0n) is 20.1. The van der Waals surface area contributed by atoms with Crippen LogP contribution in [0.25, 0.3) is 27.9 Å². The lowest BCUT2D eigenvalue weighted by atomic mass is 10.1. The molecule has 3 heterocycles. The highest BCUT2D eigenvalue weighted by atomic mass is 35.5. The summed E-state index contributed by atoms with van der Waals surface area (Å²) in [4.78, 5) is 22.4. The van der Waals surface area contributed by atoms with Crippen molar-refractivity contribution >= 4 is 40.0 Å². The molecule has 0 radical (unpaired) electrons. The summed E-state index contributed by atoms with van der Waals surface area (Å²) in [5, 5.41) is 10.8. The smallest absolute Gasteiger partial charge is 0.254 e. The van der Waals surface area contributed by atoms with E-state index in [9.17, 15) is 4.79 Å². The van der Waals surface area contributed by atoms with Crippen LogP contribution in [0.5, 0.6) is 0 Å². The molecule has 0 N–H and O–H groups in total. The Hall–Kier alpha value is -3.97. The maximum absolute atomic E-state index is 13.2. The molecular weight excluding hydrogens is 472 g/mol. The highest BCUT2D eigenvalue weighted by molar-refractivity contribution is 6.30. The number of piperazine rings is 1. The molecule has 8 heteroatoms. The Labute approximate surface area is 214 Å². The third kappa shape index (κ3) is 3.85. The quantitative estimate of drug-likeness (QED) is 0.341. The van der Waals surface area contributed by atoms with Crippen molar-refractivity contribution in [3.63, 3.8) is 0 Å². The summed E-state index contributed by atoms with van der Waals surface area (Å²) < 4.78 is 2.06. The van der Waals surface area contributed by atoms with E-state index in [-0.39, 0.29) is 11.9 Å². The number of hydrogen-bond acceptors (Lipinski definition) is 5. The minimum Gasteiger partial charge on any atom is -0.338 e. The number of aryl methyl sites for hydroxylation is 1. The third-order valence-corrected chi connectivity index (χ3v) is 7.02. The molecule has 2 aromatic heterocycles. The zero-order chi connectivity index (χ0) is 24.8. The van der Waals surface area contributed by atoms with Gasteiger partial charge in [-0.25, -0.2) is 9.38 Å². The van der Waals surface area contributed by atoms with E-state index in [1.807, 2.05) is 41.3 Å². The normalized spacial score (nSPS) is 16.1. The number of para-hydroxylation sites is 1. The molecule has 1 aliphatic heterocycles. The summed E-state index contributed by atoms with van der Waals surface area (Å²) >= 11 is 6.01. The minimum atomic E-state index is -0.0100. The monoisotopic (exact) mass is 496 g/mol. The van der Waals surface area contributed by atoms with E-state index < -0.39 is 0 Å². The van der Waals surface area contributed by atoms with E-state index in [1.165, 1.54) is 0 Å². The SMILES string of the molecule is Cc1cccc(-c2nnc3c4ccccc4nc(N4CCN(C(=O)c5ccc(Cl)cc5)C(C)C4)n23)c1. The molecule has 1 atom stereocenters. The van der Waals surface area contributed by atoms with Gasteiger partial charge in [0.25, 0.3) is 5.91 Å². The number of fused-ring (bicyclic) bond motifs is 3. The lowest BCUT2D eigenvalue weighted by Crippen LogP contribution is -2.54. The van der Waals surface area contributed by atoms with Gasteiger partial charge in [0, 0.05) is 47.2 Å². The van der Waals surface area contributed by atoms with Gasteiger partial charge >= 0.3 is 0 Å². The van der Waals surface area contributed by atoms with Crippen molar-refractivity contribution in [1.29, 1.82) is 0 Å². The largest absolute Gasteiger partial charge is 0.338 e. The number of hydrogen-bond donors (Lipinski definition) is 0. The van der Waals surface area contributed by atoms with Gasteiger partial charge in [0.1, 0.15) is 0 Å².